The van der Waals surface area contributed by atoms with Gasteiger partial charge in [0.25, 0.3) is 0 Å². The molecule has 0 unspecified atom stereocenters. The summed E-state index contributed by atoms with van der Waals surface area (Å²) in [4.78, 5) is 4.81. The maximum atomic E-state index is 13.1. The molecule has 133 heavy (non-hydrogen) atoms. The molecular weight excluding hydrogens is 1630 g/mol. The fraction of sp³-hybridized carbons (Fsp3) is 0.0476. The van der Waals surface area contributed by atoms with Crippen LogP contribution in [-0.4, -0.2) is 13.5 Å². The third-order valence-corrected chi connectivity index (χ3v) is 27.9. The summed E-state index contributed by atoms with van der Waals surface area (Å²) >= 11 is 0. The summed E-state index contributed by atoms with van der Waals surface area (Å²) in [6.07, 6.45) is -4.77. The molecule has 634 valence electrons. The summed E-state index contributed by atoms with van der Waals surface area (Å²) in [7, 11) is 1.71. The van der Waals surface area contributed by atoms with Gasteiger partial charge in [-0.25, -0.2) is 0 Å². The Morgan fingerprint density at radius 3 is 0.571 bits per heavy atom. The van der Waals surface area contributed by atoms with E-state index in [0.717, 1.165) is 62.1 Å². The van der Waals surface area contributed by atoms with Gasteiger partial charge in [-0.3, -0.25) is 0 Å². The molecule has 0 atom stereocenters. The van der Waals surface area contributed by atoms with Crippen molar-refractivity contribution in [3.8, 4) is 78.3 Å². The molecular formula is C126H87F3N2O2. The molecule has 0 aliphatic heterocycles. The summed E-state index contributed by atoms with van der Waals surface area (Å²) < 4.78 is 48.8. The maximum absolute atomic E-state index is 13.1. The number of hydrogen-bond acceptors (Lipinski definition) is 4. The maximum Gasteiger partial charge on any atom is 0.573 e. The lowest BCUT2D eigenvalue weighted by Gasteiger charge is -2.36. The van der Waals surface area contributed by atoms with E-state index in [1.54, 1.807) is 19.2 Å². The topological polar surface area (TPSA) is 24.9 Å². The van der Waals surface area contributed by atoms with Gasteiger partial charge in [-0.1, -0.05) is 413 Å². The second-order valence-electron chi connectivity index (χ2n) is 34.6. The van der Waals surface area contributed by atoms with Crippen LogP contribution < -0.4 is 19.3 Å². The van der Waals surface area contributed by atoms with Crippen molar-refractivity contribution in [3.05, 3.63) is 599 Å². The third-order valence-electron chi connectivity index (χ3n) is 27.9. The second-order valence-corrected chi connectivity index (χ2v) is 34.6. The molecule has 4 aliphatic carbocycles. The predicted octanol–water partition coefficient (Wildman–Crippen LogP) is 32.0. The monoisotopic (exact) mass is 1720 g/mol. The van der Waals surface area contributed by atoms with Crippen molar-refractivity contribution < 1.29 is 22.6 Å². The molecule has 20 aromatic carbocycles. The minimum absolute atomic E-state index is 0.259. The molecule has 0 saturated heterocycles. The van der Waals surface area contributed by atoms with Gasteiger partial charge < -0.3 is 19.3 Å². The highest BCUT2D eigenvalue weighted by Crippen LogP contribution is 2.63. The van der Waals surface area contributed by atoms with E-state index in [1.165, 1.54) is 146 Å². The summed E-state index contributed by atoms with van der Waals surface area (Å²) in [5, 5.41) is 0. The van der Waals surface area contributed by atoms with E-state index in [0.29, 0.717) is 0 Å². The van der Waals surface area contributed by atoms with Crippen LogP contribution in [0.2, 0.25) is 0 Å². The van der Waals surface area contributed by atoms with Gasteiger partial charge in [0.05, 0.1) is 28.8 Å². The van der Waals surface area contributed by atoms with E-state index in [1.807, 2.05) is 24.3 Å². The van der Waals surface area contributed by atoms with Gasteiger partial charge in [-0.15, -0.1) is 13.2 Å². The minimum atomic E-state index is -4.77. The first-order valence-electron chi connectivity index (χ1n) is 45.3. The van der Waals surface area contributed by atoms with Crippen molar-refractivity contribution >= 4 is 34.1 Å². The zero-order chi connectivity index (χ0) is 89.3. The number of fused-ring (bicyclic) bond motifs is 12. The highest BCUT2D eigenvalue weighted by atomic mass is 19.4. The zero-order valence-corrected chi connectivity index (χ0v) is 72.8. The standard InChI is InChI=1S/C63H42F3NO.C63H45NO/c64-63(65,66)68-52-37-31-44(32-38-52)43-29-33-49(34-30-43)67(50-35-39-55-53-25-13-15-27-57(53)61(59(55)41-50,45-17-5-1-6-18-45)46-19-7-2-8-20-46)51-36-40-56-54-26-14-16-28-58(54)62(60(56)42-51,47-21-9-3-10-22-47)48-23-11-4-12-24-48;1-65-53-38-32-45(33-39-53)44-30-34-50(35-31-44)64(51-36-40-56-54-26-14-16-28-58(54)62(60(56)42-51,46-18-6-2-7-19-46)47-20-8-3-9-21-47)52-37-41-57-55-27-15-17-29-59(55)63(61(57)43-52,48-22-10-4-11-23-48)49-24-12-5-13-25-49/h1-42H;2-43H,1H3. The first kappa shape index (κ1) is 80.9. The molecule has 0 N–H and O–H groups in total. The van der Waals surface area contributed by atoms with Gasteiger partial charge in [-0.2, -0.15) is 0 Å². The minimum Gasteiger partial charge on any atom is -0.497 e. The molecule has 4 aliphatic rings. The zero-order valence-electron chi connectivity index (χ0n) is 72.8. The highest BCUT2D eigenvalue weighted by Gasteiger charge is 2.52. The fourth-order valence-electron chi connectivity index (χ4n) is 22.4. The molecule has 24 rings (SSSR count). The Labute approximate surface area is 773 Å². The quantitative estimate of drug-likeness (QED) is 0.0855. The van der Waals surface area contributed by atoms with Gasteiger partial charge in [0.1, 0.15) is 11.5 Å². The molecule has 0 saturated carbocycles. The van der Waals surface area contributed by atoms with Crippen molar-refractivity contribution in [3.63, 3.8) is 0 Å². The Balaban J connectivity index is 0.000000151. The number of hydrogen-bond donors (Lipinski definition) is 0. The smallest absolute Gasteiger partial charge is 0.497 e. The number of alkyl halides is 3. The van der Waals surface area contributed by atoms with Crippen LogP contribution in [0.15, 0.2) is 510 Å². The van der Waals surface area contributed by atoms with E-state index in [9.17, 15) is 13.2 Å². The van der Waals surface area contributed by atoms with Crippen LogP contribution in [0.25, 0.3) is 66.8 Å². The van der Waals surface area contributed by atoms with Crippen LogP contribution in [0.3, 0.4) is 0 Å². The number of halogens is 3. The summed E-state index contributed by atoms with van der Waals surface area (Å²) in [5.74, 6) is 0.587. The van der Waals surface area contributed by atoms with Crippen molar-refractivity contribution in [2.45, 2.75) is 28.0 Å². The number of ether oxygens (including phenoxy) is 2. The van der Waals surface area contributed by atoms with Crippen LogP contribution >= 0.6 is 0 Å². The molecule has 4 nitrogen and oxygen atoms in total. The molecule has 0 spiro atoms. The lowest BCUT2D eigenvalue weighted by Crippen LogP contribution is -2.29. The highest BCUT2D eigenvalue weighted by molar-refractivity contribution is 5.96. The number of benzene rings is 20. The van der Waals surface area contributed by atoms with Gasteiger partial charge in [0, 0.05) is 34.1 Å². The molecule has 20 aromatic rings. The van der Waals surface area contributed by atoms with Crippen LogP contribution in [-0.2, 0) is 21.7 Å². The van der Waals surface area contributed by atoms with Crippen molar-refractivity contribution in [2.75, 3.05) is 16.9 Å². The van der Waals surface area contributed by atoms with Gasteiger partial charge in [-0.05, 0) is 253 Å². The Morgan fingerprint density at radius 2 is 0.361 bits per heavy atom. The predicted molar refractivity (Wildman–Crippen MR) is 536 cm³/mol. The van der Waals surface area contributed by atoms with Crippen molar-refractivity contribution in [1.29, 1.82) is 0 Å². The Morgan fingerprint density at radius 1 is 0.180 bits per heavy atom. The number of anilines is 6. The largest absolute Gasteiger partial charge is 0.573 e. The average Bonchev–Trinajstić information content (AvgIpc) is 1.54. The molecule has 0 fully saturated rings. The molecule has 0 amide bonds. The summed E-state index contributed by atoms with van der Waals surface area (Å²) in [6, 6.07) is 183. The SMILES string of the molecule is COc1ccc(-c2ccc(N(c3ccc4c(c3)C(c3ccccc3)(c3ccccc3)c3ccccc3-4)c3ccc4c(c3)C(c3ccccc3)(c3ccccc3)c3ccccc3-4)cc2)cc1.FC(F)(F)Oc1ccc(-c2ccc(N(c3ccc4c(c3)C(c3ccccc3)(c3ccccc3)c3ccccc3-4)c3ccc4c(c3)C(c3ccccc3)(c3ccccc3)c3ccccc3-4)cc2)cc1. The van der Waals surface area contributed by atoms with E-state index in [2.05, 4.69) is 476 Å². The average molecular weight is 1720 g/mol. The van der Waals surface area contributed by atoms with Gasteiger partial charge in [0.15, 0.2) is 0 Å². The van der Waals surface area contributed by atoms with E-state index in [-0.39, 0.29) is 5.75 Å². The lowest BCUT2D eigenvalue weighted by molar-refractivity contribution is -0.274. The van der Waals surface area contributed by atoms with Crippen LogP contribution in [0, 0.1) is 0 Å². The van der Waals surface area contributed by atoms with E-state index >= 15 is 0 Å². The summed E-state index contributed by atoms with van der Waals surface area (Å²) in [6.45, 7) is 0. The van der Waals surface area contributed by atoms with Crippen molar-refractivity contribution in [1.82, 2.24) is 0 Å². The Hall–Kier alpha value is -16.6. The first-order valence-corrected chi connectivity index (χ1v) is 45.3. The molecule has 0 aromatic heterocycles. The molecule has 7 heteroatoms. The van der Waals surface area contributed by atoms with Crippen LogP contribution in [0.1, 0.15) is 89.0 Å². The molecule has 0 heterocycles. The lowest BCUT2D eigenvalue weighted by atomic mass is 9.67. The van der Waals surface area contributed by atoms with Crippen LogP contribution in [0.5, 0.6) is 11.5 Å². The Kier molecular flexibility index (Phi) is 20.2. The second kappa shape index (κ2) is 33.2. The third kappa shape index (κ3) is 13.3. The first-order chi connectivity index (χ1) is 65.5. The number of rotatable bonds is 18. The molecule has 0 radical (unpaired) electrons. The Bertz CT molecular complexity index is 7170. The summed E-state index contributed by atoms with van der Waals surface area (Å²) in [5.41, 5.74) is 37.3. The molecule has 0 bridgehead atoms. The number of nitrogens with zero attached hydrogens (tertiary/aromatic N) is 2. The number of methoxy groups -OCH3 is 1. The van der Waals surface area contributed by atoms with Crippen LogP contribution in [0.4, 0.5) is 47.3 Å². The normalized spacial score (nSPS) is 13.7. The van der Waals surface area contributed by atoms with E-state index < -0.39 is 28.0 Å². The van der Waals surface area contributed by atoms with Gasteiger partial charge in [0.2, 0.25) is 0 Å². The fourth-order valence-corrected chi connectivity index (χ4v) is 22.4. The van der Waals surface area contributed by atoms with E-state index in [4.69, 9.17) is 4.74 Å². The van der Waals surface area contributed by atoms with Crippen molar-refractivity contribution in [2.24, 2.45) is 0 Å². The van der Waals surface area contributed by atoms with Gasteiger partial charge >= 0.3 is 6.36 Å².